The van der Waals surface area contributed by atoms with Gasteiger partial charge >= 0.3 is 0 Å². The van der Waals surface area contributed by atoms with Gasteiger partial charge in [-0.05, 0) is 12.8 Å². The van der Waals surface area contributed by atoms with E-state index in [1.54, 1.807) is 11.3 Å². The summed E-state index contributed by atoms with van der Waals surface area (Å²) in [4.78, 5) is 15.7. The molecule has 0 saturated heterocycles. The molecule has 1 heterocycles. The molecule has 0 aromatic carbocycles. The number of carbonyl (C=O) groups excluding carboxylic acids is 1. The Morgan fingerprint density at radius 1 is 1.58 bits per heavy atom. The maximum Gasteiger partial charge on any atom is 0.169 e. The first-order chi connectivity index (χ1) is 5.63. The molecular formula is C9H13NOS. The summed E-state index contributed by atoms with van der Waals surface area (Å²) in [5, 5.41) is 1.07. The Morgan fingerprint density at radius 2 is 2.25 bits per heavy atom. The minimum Gasteiger partial charge on any atom is -0.296 e. The van der Waals surface area contributed by atoms with Gasteiger partial charge in [-0.15, -0.1) is 11.3 Å². The number of thiazole rings is 1. The van der Waals surface area contributed by atoms with Gasteiger partial charge in [0.1, 0.15) is 5.69 Å². The van der Waals surface area contributed by atoms with Crippen molar-refractivity contribution in [1.29, 1.82) is 0 Å². The van der Waals surface area contributed by atoms with Crippen LogP contribution < -0.4 is 0 Å². The summed E-state index contributed by atoms with van der Waals surface area (Å²) in [6.45, 7) is 6.24. The Morgan fingerprint density at radius 3 is 2.67 bits per heavy atom. The van der Waals surface area contributed by atoms with E-state index < -0.39 is 0 Å². The number of aromatic nitrogens is 1. The molecule has 3 heteroatoms. The lowest BCUT2D eigenvalue weighted by Gasteiger charge is -1.97. The quantitative estimate of drug-likeness (QED) is 0.674. The first-order valence-electron chi connectivity index (χ1n) is 4.05. The first-order valence-corrected chi connectivity index (χ1v) is 4.86. The van der Waals surface area contributed by atoms with Crippen molar-refractivity contribution in [2.45, 2.75) is 27.2 Å². The van der Waals surface area contributed by atoms with Gasteiger partial charge in [0.2, 0.25) is 0 Å². The van der Waals surface area contributed by atoms with Gasteiger partial charge in [0, 0.05) is 11.3 Å². The van der Waals surface area contributed by atoms with Crippen molar-refractivity contribution in [2.24, 2.45) is 5.92 Å². The minimum atomic E-state index is 0.607. The average molecular weight is 183 g/mol. The molecule has 0 aliphatic carbocycles. The predicted octanol–water partition coefficient (Wildman–Crippen LogP) is 2.46. The van der Waals surface area contributed by atoms with Gasteiger partial charge in [0.15, 0.2) is 6.29 Å². The second-order valence-corrected chi connectivity index (χ2v) is 4.55. The highest BCUT2D eigenvalue weighted by Crippen LogP contribution is 2.18. The summed E-state index contributed by atoms with van der Waals surface area (Å²) >= 11 is 1.62. The van der Waals surface area contributed by atoms with Gasteiger partial charge in [-0.2, -0.15) is 0 Å². The normalized spacial score (nSPS) is 10.7. The van der Waals surface area contributed by atoms with Crippen molar-refractivity contribution >= 4 is 17.6 Å². The van der Waals surface area contributed by atoms with Crippen LogP contribution in [0.1, 0.15) is 34.2 Å². The third kappa shape index (κ3) is 2.14. The van der Waals surface area contributed by atoms with E-state index in [-0.39, 0.29) is 0 Å². The van der Waals surface area contributed by atoms with Crippen molar-refractivity contribution in [2.75, 3.05) is 0 Å². The van der Waals surface area contributed by atoms with E-state index in [0.717, 1.165) is 22.6 Å². The molecule has 0 amide bonds. The fourth-order valence-electron chi connectivity index (χ4n) is 1.01. The zero-order valence-electron chi connectivity index (χ0n) is 7.63. The van der Waals surface area contributed by atoms with Crippen molar-refractivity contribution in [1.82, 2.24) is 4.98 Å². The van der Waals surface area contributed by atoms with E-state index >= 15 is 0 Å². The van der Waals surface area contributed by atoms with Crippen LogP contribution in [0.15, 0.2) is 0 Å². The second kappa shape index (κ2) is 3.81. The number of hydrogen-bond acceptors (Lipinski definition) is 3. The van der Waals surface area contributed by atoms with E-state index in [2.05, 4.69) is 18.8 Å². The maximum atomic E-state index is 10.5. The third-order valence-corrected chi connectivity index (χ3v) is 2.58. The van der Waals surface area contributed by atoms with Crippen molar-refractivity contribution in [3.63, 3.8) is 0 Å². The van der Waals surface area contributed by atoms with Gasteiger partial charge in [-0.3, -0.25) is 4.79 Å². The Hall–Kier alpha value is -0.700. The van der Waals surface area contributed by atoms with Gasteiger partial charge in [0.05, 0.1) is 5.01 Å². The molecule has 0 aliphatic rings. The lowest BCUT2D eigenvalue weighted by molar-refractivity contribution is 0.111. The second-order valence-electron chi connectivity index (χ2n) is 3.26. The molecule has 0 spiro atoms. The first kappa shape index (κ1) is 9.39. The third-order valence-electron chi connectivity index (χ3n) is 1.57. The van der Waals surface area contributed by atoms with Crippen molar-refractivity contribution < 1.29 is 4.79 Å². The highest BCUT2D eigenvalue weighted by molar-refractivity contribution is 7.11. The van der Waals surface area contributed by atoms with Crippen molar-refractivity contribution in [3.05, 3.63) is 15.6 Å². The van der Waals surface area contributed by atoms with E-state index in [4.69, 9.17) is 0 Å². The number of carbonyl (C=O) groups is 1. The monoisotopic (exact) mass is 183 g/mol. The van der Waals surface area contributed by atoms with Gasteiger partial charge in [-0.25, -0.2) is 4.98 Å². The number of aryl methyl sites for hydroxylation is 1. The summed E-state index contributed by atoms with van der Waals surface area (Å²) in [5.74, 6) is 0.607. The molecule has 0 bridgehead atoms. The number of rotatable bonds is 3. The van der Waals surface area contributed by atoms with Gasteiger partial charge in [0.25, 0.3) is 0 Å². The maximum absolute atomic E-state index is 10.5. The Kier molecular flexibility index (Phi) is 2.98. The molecular weight excluding hydrogens is 170 g/mol. The molecule has 1 rings (SSSR count). The van der Waals surface area contributed by atoms with Crippen LogP contribution in [0, 0.1) is 12.8 Å². The molecule has 12 heavy (non-hydrogen) atoms. The molecule has 1 aromatic rings. The summed E-state index contributed by atoms with van der Waals surface area (Å²) in [6, 6.07) is 0. The fourth-order valence-corrected chi connectivity index (χ4v) is 2.12. The Labute approximate surface area is 76.6 Å². The topological polar surface area (TPSA) is 30.0 Å². The Bertz CT molecular complexity index is 278. The van der Waals surface area contributed by atoms with Crippen LogP contribution in [-0.2, 0) is 6.42 Å². The zero-order valence-corrected chi connectivity index (χ0v) is 8.44. The highest BCUT2D eigenvalue weighted by Gasteiger charge is 2.07. The van der Waals surface area contributed by atoms with E-state index in [1.807, 2.05) is 6.92 Å². The smallest absolute Gasteiger partial charge is 0.169 e. The summed E-state index contributed by atoms with van der Waals surface area (Å²) in [6.07, 6.45) is 1.80. The van der Waals surface area contributed by atoms with Crippen LogP contribution in [0.5, 0.6) is 0 Å². The number of nitrogens with zero attached hydrogens (tertiary/aromatic N) is 1. The molecule has 0 aliphatic heterocycles. The zero-order chi connectivity index (χ0) is 9.14. The van der Waals surface area contributed by atoms with Crippen LogP contribution in [0.25, 0.3) is 0 Å². The number of hydrogen-bond donors (Lipinski definition) is 0. The molecule has 0 atom stereocenters. The van der Waals surface area contributed by atoms with Gasteiger partial charge in [-0.1, -0.05) is 13.8 Å². The van der Waals surface area contributed by atoms with Crippen LogP contribution >= 0.6 is 11.3 Å². The Balaban J connectivity index is 2.82. The van der Waals surface area contributed by atoms with E-state index in [1.165, 1.54) is 0 Å². The lowest BCUT2D eigenvalue weighted by Crippen LogP contribution is -1.93. The van der Waals surface area contributed by atoms with Crippen LogP contribution in [0.2, 0.25) is 0 Å². The van der Waals surface area contributed by atoms with Crippen molar-refractivity contribution in [3.8, 4) is 0 Å². The standard InChI is InChI=1S/C9H13NOS/c1-6(2)4-9-10-8(5-11)7(3)12-9/h5-6H,4H2,1-3H3. The molecule has 1 aromatic heterocycles. The van der Waals surface area contributed by atoms with Gasteiger partial charge < -0.3 is 0 Å². The molecule has 0 saturated carbocycles. The largest absolute Gasteiger partial charge is 0.296 e. The number of aldehydes is 1. The molecule has 2 nitrogen and oxygen atoms in total. The molecule has 0 N–H and O–H groups in total. The summed E-state index contributed by atoms with van der Waals surface area (Å²) in [7, 11) is 0. The minimum absolute atomic E-state index is 0.607. The molecule has 0 fully saturated rings. The molecule has 0 unspecified atom stereocenters. The SMILES string of the molecule is Cc1sc(CC(C)C)nc1C=O. The molecule has 66 valence electrons. The molecule has 0 radical (unpaired) electrons. The van der Waals surface area contributed by atoms with Crippen LogP contribution in [-0.4, -0.2) is 11.3 Å². The van der Waals surface area contributed by atoms with E-state index in [0.29, 0.717) is 11.6 Å². The predicted molar refractivity (Wildman–Crippen MR) is 50.8 cm³/mol. The van der Waals surface area contributed by atoms with Crippen LogP contribution in [0.3, 0.4) is 0 Å². The summed E-state index contributed by atoms with van der Waals surface area (Å²) < 4.78 is 0. The average Bonchev–Trinajstić information content (AvgIpc) is 2.29. The lowest BCUT2D eigenvalue weighted by atomic mass is 10.1. The van der Waals surface area contributed by atoms with E-state index in [9.17, 15) is 4.79 Å². The summed E-state index contributed by atoms with van der Waals surface area (Å²) in [5.41, 5.74) is 0.607. The fraction of sp³-hybridized carbons (Fsp3) is 0.556. The highest BCUT2D eigenvalue weighted by atomic mass is 32.1. The van der Waals surface area contributed by atoms with Crippen LogP contribution in [0.4, 0.5) is 0 Å².